The fourth-order valence-corrected chi connectivity index (χ4v) is 3.58. The van der Waals surface area contributed by atoms with E-state index in [-0.39, 0.29) is 5.57 Å². The molecule has 0 saturated heterocycles. The van der Waals surface area contributed by atoms with Crippen LogP contribution in [0.15, 0.2) is 70.7 Å². The first-order valence-corrected chi connectivity index (χ1v) is 9.39. The van der Waals surface area contributed by atoms with E-state index >= 15 is 0 Å². The minimum absolute atomic E-state index is 0.0363. The standard InChI is InChI=1S/C22H15N3O2S/c1-14-6-8-16(9-7-14)24-21(26)15(13-23)12-17-10-11-19(27-17)22-25-18-4-2-3-5-20(18)28-22/h2-12H,1H3,(H,24,26)/b15-12+. The Balaban J connectivity index is 1.56. The SMILES string of the molecule is Cc1ccc(NC(=O)/C(C#N)=C/c2ccc(-c3nc4ccccc4s3)o2)cc1. The average molecular weight is 385 g/mol. The summed E-state index contributed by atoms with van der Waals surface area (Å²) in [6.07, 6.45) is 1.43. The monoisotopic (exact) mass is 385 g/mol. The molecule has 0 fully saturated rings. The third-order valence-electron chi connectivity index (χ3n) is 4.09. The molecule has 0 unspecified atom stereocenters. The second-order valence-corrected chi connectivity index (χ2v) is 7.21. The Morgan fingerprint density at radius 3 is 2.68 bits per heavy atom. The van der Waals surface area contributed by atoms with Crippen LogP contribution in [0.1, 0.15) is 11.3 Å². The minimum atomic E-state index is -0.482. The highest BCUT2D eigenvalue weighted by Gasteiger charge is 2.13. The van der Waals surface area contributed by atoms with Gasteiger partial charge in [0.05, 0.1) is 10.2 Å². The van der Waals surface area contributed by atoms with E-state index in [4.69, 9.17) is 4.42 Å². The largest absolute Gasteiger partial charge is 0.454 e. The van der Waals surface area contributed by atoms with Crippen LogP contribution in [-0.2, 0) is 4.79 Å². The summed E-state index contributed by atoms with van der Waals surface area (Å²) in [4.78, 5) is 16.9. The summed E-state index contributed by atoms with van der Waals surface area (Å²) in [6, 6.07) is 20.7. The predicted octanol–water partition coefficient (Wildman–Crippen LogP) is 5.41. The Hall–Kier alpha value is -3.69. The Kier molecular flexibility index (Phi) is 4.75. The molecule has 2 aromatic carbocycles. The molecule has 0 aliphatic carbocycles. The normalized spacial score (nSPS) is 11.4. The maximum Gasteiger partial charge on any atom is 0.266 e. The summed E-state index contributed by atoms with van der Waals surface area (Å²) < 4.78 is 6.86. The molecule has 136 valence electrons. The van der Waals surface area contributed by atoms with E-state index in [1.807, 2.05) is 49.4 Å². The van der Waals surface area contributed by atoms with Crippen molar-refractivity contribution in [2.45, 2.75) is 6.92 Å². The summed E-state index contributed by atoms with van der Waals surface area (Å²) in [7, 11) is 0. The van der Waals surface area contributed by atoms with Gasteiger partial charge in [0.25, 0.3) is 5.91 Å². The lowest BCUT2D eigenvalue weighted by Crippen LogP contribution is -2.13. The first-order chi connectivity index (χ1) is 13.6. The van der Waals surface area contributed by atoms with Crippen LogP contribution in [-0.4, -0.2) is 10.9 Å². The number of nitrogens with one attached hydrogen (secondary N) is 1. The van der Waals surface area contributed by atoms with Crippen LogP contribution in [0.3, 0.4) is 0 Å². The Morgan fingerprint density at radius 2 is 1.93 bits per heavy atom. The summed E-state index contributed by atoms with van der Waals surface area (Å²) in [5.74, 6) is 0.540. The number of hydrogen-bond donors (Lipinski definition) is 1. The van der Waals surface area contributed by atoms with Gasteiger partial charge in [-0.1, -0.05) is 29.8 Å². The van der Waals surface area contributed by atoms with Gasteiger partial charge >= 0.3 is 0 Å². The molecule has 0 atom stereocenters. The summed E-state index contributed by atoms with van der Waals surface area (Å²) >= 11 is 1.53. The quantitative estimate of drug-likeness (QED) is 0.376. The molecule has 4 aromatic rings. The minimum Gasteiger partial charge on any atom is -0.454 e. The van der Waals surface area contributed by atoms with Crippen molar-refractivity contribution in [2.75, 3.05) is 5.32 Å². The number of fused-ring (bicyclic) bond motifs is 1. The summed E-state index contributed by atoms with van der Waals surface area (Å²) in [5.41, 5.74) is 2.59. The van der Waals surface area contributed by atoms with Gasteiger partial charge in [0, 0.05) is 11.8 Å². The molecule has 1 N–H and O–H groups in total. The number of nitriles is 1. The molecular weight excluding hydrogens is 370 g/mol. The van der Waals surface area contributed by atoms with Gasteiger partial charge < -0.3 is 9.73 Å². The van der Waals surface area contributed by atoms with Crippen LogP contribution >= 0.6 is 11.3 Å². The molecule has 28 heavy (non-hydrogen) atoms. The molecule has 0 spiro atoms. The van der Waals surface area contributed by atoms with Gasteiger partial charge in [0.2, 0.25) is 0 Å². The van der Waals surface area contributed by atoms with Crippen LogP contribution in [0.2, 0.25) is 0 Å². The second kappa shape index (κ2) is 7.51. The lowest BCUT2D eigenvalue weighted by atomic mass is 10.2. The van der Waals surface area contributed by atoms with Crippen molar-refractivity contribution in [1.82, 2.24) is 4.98 Å². The number of carbonyl (C=O) groups is 1. The van der Waals surface area contributed by atoms with Crippen LogP contribution in [0.5, 0.6) is 0 Å². The van der Waals surface area contributed by atoms with Gasteiger partial charge in [-0.25, -0.2) is 4.98 Å². The van der Waals surface area contributed by atoms with Gasteiger partial charge in [-0.15, -0.1) is 11.3 Å². The molecule has 1 amide bonds. The third-order valence-corrected chi connectivity index (χ3v) is 5.14. The van der Waals surface area contributed by atoms with Crippen molar-refractivity contribution in [3.05, 3.63) is 77.6 Å². The third kappa shape index (κ3) is 3.70. The van der Waals surface area contributed by atoms with Crippen LogP contribution < -0.4 is 5.32 Å². The molecule has 5 nitrogen and oxygen atoms in total. The predicted molar refractivity (Wildman–Crippen MR) is 111 cm³/mol. The topological polar surface area (TPSA) is 78.9 Å². The van der Waals surface area contributed by atoms with E-state index in [0.717, 1.165) is 20.8 Å². The number of benzene rings is 2. The van der Waals surface area contributed by atoms with E-state index in [0.29, 0.717) is 17.2 Å². The number of carbonyl (C=O) groups excluding carboxylic acids is 1. The van der Waals surface area contributed by atoms with Crippen molar-refractivity contribution in [3.8, 4) is 16.8 Å². The Morgan fingerprint density at radius 1 is 1.14 bits per heavy atom. The number of amides is 1. The number of anilines is 1. The molecule has 4 rings (SSSR count). The number of para-hydroxylation sites is 1. The first-order valence-electron chi connectivity index (χ1n) is 8.58. The molecule has 0 saturated carbocycles. The average Bonchev–Trinajstić information content (AvgIpc) is 3.34. The number of furan rings is 1. The lowest BCUT2D eigenvalue weighted by Gasteiger charge is -2.04. The number of thiazole rings is 1. The highest BCUT2D eigenvalue weighted by atomic mass is 32.1. The van der Waals surface area contributed by atoms with Crippen molar-refractivity contribution in [2.24, 2.45) is 0 Å². The van der Waals surface area contributed by atoms with Crippen molar-refractivity contribution < 1.29 is 9.21 Å². The molecule has 0 aliphatic rings. The van der Waals surface area contributed by atoms with Gasteiger partial charge in [0.15, 0.2) is 10.8 Å². The summed E-state index contributed by atoms with van der Waals surface area (Å²) in [5, 5.41) is 12.8. The van der Waals surface area contributed by atoms with E-state index in [1.165, 1.54) is 17.4 Å². The van der Waals surface area contributed by atoms with E-state index in [1.54, 1.807) is 24.3 Å². The molecule has 0 radical (unpaired) electrons. The second-order valence-electron chi connectivity index (χ2n) is 6.18. The highest BCUT2D eigenvalue weighted by Crippen LogP contribution is 2.31. The van der Waals surface area contributed by atoms with E-state index in [2.05, 4.69) is 10.3 Å². The van der Waals surface area contributed by atoms with Crippen molar-refractivity contribution >= 4 is 39.2 Å². The van der Waals surface area contributed by atoms with Gasteiger partial charge in [-0.3, -0.25) is 4.79 Å². The Bertz CT molecular complexity index is 1190. The first kappa shape index (κ1) is 17.7. The molecule has 6 heteroatoms. The van der Waals surface area contributed by atoms with Gasteiger partial charge in [-0.2, -0.15) is 5.26 Å². The summed E-state index contributed by atoms with van der Waals surface area (Å²) in [6.45, 7) is 1.96. The Labute approximate surface area is 165 Å². The van der Waals surface area contributed by atoms with Gasteiger partial charge in [-0.05, 0) is 43.3 Å². The molecule has 2 aromatic heterocycles. The maximum absolute atomic E-state index is 12.4. The number of aryl methyl sites for hydroxylation is 1. The fraction of sp³-hybridized carbons (Fsp3) is 0.0455. The van der Waals surface area contributed by atoms with Crippen molar-refractivity contribution in [1.29, 1.82) is 5.26 Å². The molecule has 0 aliphatic heterocycles. The highest BCUT2D eigenvalue weighted by molar-refractivity contribution is 7.21. The zero-order valence-electron chi connectivity index (χ0n) is 15.0. The molecule has 2 heterocycles. The van der Waals surface area contributed by atoms with Gasteiger partial charge in [0.1, 0.15) is 17.4 Å². The fourth-order valence-electron chi connectivity index (χ4n) is 2.65. The number of nitrogens with zero attached hydrogens (tertiary/aromatic N) is 2. The smallest absolute Gasteiger partial charge is 0.266 e. The van der Waals surface area contributed by atoms with Crippen LogP contribution in [0, 0.1) is 18.3 Å². The van der Waals surface area contributed by atoms with Crippen molar-refractivity contribution in [3.63, 3.8) is 0 Å². The molecular formula is C22H15N3O2S. The number of hydrogen-bond acceptors (Lipinski definition) is 5. The van der Waals surface area contributed by atoms with Crippen LogP contribution in [0.25, 0.3) is 27.1 Å². The number of rotatable bonds is 4. The van der Waals surface area contributed by atoms with E-state index < -0.39 is 5.91 Å². The van der Waals surface area contributed by atoms with Crippen LogP contribution in [0.4, 0.5) is 5.69 Å². The lowest BCUT2D eigenvalue weighted by molar-refractivity contribution is -0.112. The maximum atomic E-state index is 12.4. The zero-order chi connectivity index (χ0) is 19.5. The molecule has 0 bridgehead atoms. The van der Waals surface area contributed by atoms with E-state index in [9.17, 15) is 10.1 Å². The number of aromatic nitrogens is 1. The zero-order valence-corrected chi connectivity index (χ0v) is 15.8.